The van der Waals surface area contributed by atoms with Gasteiger partial charge in [-0.15, -0.1) is 0 Å². The Hall–Kier alpha value is -1.13. The third-order valence-corrected chi connectivity index (χ3v) is 2.02. The van der Waals surface area contributed by atoms with Crippen molar-refractivity contribution in [2.45, 2.75) is 25.9 Å². The molecule has 0 aliphatic carbocycles. The predicted molar refractivity (Wildman–Crippen MR) is 56.2 cm³/mol. The topological polar surface area (TPSA) is 52.5 Å². The van der Waals surface area contributed by atoms with E-state index >= 15 is 0 Å². The number of halogens is 1. The number of phenols is 1. The first-order chi connectivity index (χ1) is 7.02. The second-order valence-electron chi connectivity index (χ2n) is 3.80. The van der Waals surface area contributed by atoms with Gasteiger partial charge >= 0.3 is 0 Å². The van der Waals surface area contributed by atoms with Crippen LogP contribution in [0, 0.1) is 5.82 Å². The number of benzene rings is 1. The van der Waals surface area contributed by atoms with Gasteiger partial charge in [0.2, 0.25) is 0 Å². The molecule has 0 saturated carbocycles. The number of nitrogens with one attached hydrogen (secondary N) is 1. The molecule has 0 bridgehead atoms. The largest absolute Gasteiger partial charge is 0.508 e. The number of rotatable bonds is 4. The highest BCUT2D eigenvalue weighted by Gasteiger charge is 2.13. The van der Waals surface area contributed by atoms with E-state index in [2.05, 4.69) is 5.32 Å². The van der Waals surface area contributed by atoms with E-state index in [9.17, 15) is 9.50 Å². The maximum absolute atomic E-state index is 13.0. The minimum atomic E-state index is -0.506. The van der Waals surface area contributed by atoms with E-state index in [-0.39, 0.29) is 24.4 Å². The van der Waals surface area contributed by atoms with Crippen LogP contribution in [0.2, 0.25) is 0 Å². The lowest BCUT2D eigenvalue weighted by Crippen LogP contribution is -2.30. The molecule has 0 saturated heterocycles. The molecule has 4 heteroatoms. The molecule has 0 aliphatic heterocycles. The van der Waals surface area contributed by atoms with Gasteiger partial charge in [0, 0.05) is 12.1 Å². The quantitative estimate of drug-likeness (QED) is 0.711. The number of aliphatic hydroxyl groups is 1. The van der Waals surface area contributed by atoms with E-state index in [1.165, 1.54) is 12.1 Å². The fraction of sp³-hybridized carbons (Fsp3) is 0.455. The van der Waals surface area contributed by atoms with Crippen LogP contribution in [0.25, 0.3) is 0 Å². The van der Waals surface area contributed by atoms with Crippen molar-refractivity contribution in [1.29, 1.82) is 0 Å². The highest BCUT2D eigenvalue weighted by molar-refractivity contribution is 5.30. The molecule has 84 valence electrons. The summed E-state index contributed by atoms with van der Waals surface area (Å²) in [6.07, 6.45) is 0. The van der Waals surface area contributed by atoms with Crippen molar-refractivity contribution in [1.82, 2.24) is 5.32 Å². The van der Waals surface area contributed by atoms with Gasteiger partial charge in [-0.1, -0.05) is 13.8 Å². The lowest BCUT2D eigenvalue weighted by atomic mass is 10.1. The number of hydrogen-bond donors (Lipinski definition) is 3. The summed E-state index contributed by atoms with van der Waals surface area (Å²) in [6, 6.07) is 3.60. The Morgan fingerprint density at radius 1 is 1.33 bits per heavy atom. The highest BCUT2D eigenvalue weighted by Crippen LogP contribution is 2.20. The van der Waals surface area contributed by atoms with E-state index in [1.807, 2.05) is 13.8 Å². The van der Waals surface area contributed by atoms with Gasteiger partial charge in [-0.25, -0.2) is 4.39 Å². The predicted octanol–water partition coefficient (Wildman–Crippen LogP) is 1.56. The molecule has 0 amide bonds. The summed E-state index contributed by atoms with van der Waals surface area (Å²) < 4.78 is 13.0. The zero-order chi connectivity index (χ0) is 11.4. The van der Waals surface area contributed by atoms with Gasteiger partial charge in [0.1, 0.15) is 11.6 Å². The van der Waals surface area contributed by atoms with E-state index in [4.69, 9.17) is 5.11 Å². The lowest BCUT2D eigenvalue weighted by Gasteiger charge is -2.19. The van der Waals surface area contributed by atoms with Crippen LogP contribution in [0.1, 0.15) is 25.5 Å². The van der Waals surface area contributed by atoms with Crippen LogP contribution in [-0.4, -0.2) is 22.9 Å². The molecule has 0 aromatic heterocycles. The van der Waals surface area contributed by atoms with E-state index in [1.54, 1.807) is 0 Å². The van der Waals surface area contributed by atoms with Gasteiger partial charge in [0.05, 0.1) is 12.6 Å². The molecule has 0 heterocycles. The molecule has 3 nitrogen and oxygen atoms in total. The Morgan fingerprint density at radius 2 is 2.00 bits per heavy atom. The van der Waals surface area contributed by atoms with Gasteiger partial charge in [-0.05, 0) is 17.7 Å². The molecule has 0 aliphatic rings. The normalized spacial score (nSPS) is 13.1. The highest BCUT2D eigenvalue weighted by atomic mass is 19.1. The smallest absolute Gasteiger partial charge is 0.127 e. The van der Waals surface area contributed by atoms with E-state index in [0.717, 1.165) is 6.07 Å². The zero-order valence-electron chi connectivity index (χ0n) is 8.87. The standard InChI is InChI=1S/C11H16FNO2/c1-7(2)13-11(6-14)8-3-9(12)5-10(15)4-8/h3-5,7,11,13-15H,6H2,1-2H3. The minimum absolute atomic E-state index is 0.131. The van der Waals surface area contributed by atoms with Crippen molar-refractivity contribution >= 4 is 0 Å². The van der Waals surface area contributed by atoms with Crippen LogP contribution in [0.3, 0.4) is 0 Å². The van der Waals surface area contributed by atoms with Crippen molar-refractivity contribution in [2.75, 3.05) is 6.61 Å². The van der Waals surface area contributed by atoms with Gasteiger partial charge in [-0.3, -0.25) is 0 Å². The fourth-order valence-electron chi connectivity index (χ4n) is 1.45. The van der Waals surface area contributed by atoms with Crippen molar-refractivity contribution in [3.05, 3.63) is 29.6 Å². The molecule has 1 unspecified atom stereocenters. The number of aromatic hydroxyl groups is 1. The van der Waals surface area contributed by atoms with Crippen molar-refractivity contribution in [3.63, 3.8) is 0 Å². The van der Waals surface area contributed by atoms with Gasteiger partial charge < -0.3 is 15.5 Å². The summed E-state index contributed by atoms with van der Waals surface area (Å²) in [5.41, 5.74) is 0.545. The zero-order valence-corrected chi connectivity index (χ0v) is 8.87. The second-order valence-corrected chi connectivity index (χ2v) is 3.80. The first-order valence-electron chi connectivity index (χ1n) is 4.89. The molecule has 1 atom stereocenters. The average molecular weight is 213 g/mol. The molecule has 0 radical (unpaired) electrons. The van der Waals surface area contributed by atoms with Crippen molar-refractivity contribution < 1.29 is 14.6 Å². The van der Waals surface area contributed by atoms with Crippen LogP contribution < -0.4 is 5.32 Å². The Kier molecular flexibility index (Phi) is 4.05. The monoisotopic (exact) mass is 213 g/mol. The number of aliphatic hydroxyl groups excluding tert-OH is 1. The van der Waals surface area contributed by atoms with E-state index < -0.39 is 5.82 Å². The molecule has 0 fully saturated rings. The third kappa shape index (κ3) is 3.49. The molecule has 1 aromatic rings. The van der Waals surface area contributed by atoms with Crippen LogP contribution in [0.4, 0.5) is 4.39 Å². The molecule has 3 N–H and O–H groups in total. The molecule has 15 heavy (non-hydrogen) atoms. The second kappa shape index (κ2) is 5.09. The van der Waals surface area contributed by atoms with Crippen LogP contribution in [0.5, 0.6) is 5.75 Å². The third-order valence-electron chi connectivity index (χ3n) is 2.02. The molecule has 0 spiro atoms. The van der Waals surface area contributed by atoms with Gasteiger partial charge in [-0.2, -0.15) is 0 Å². The average Bonchev–Trinajstić information content (AvgIpc) is 2.12. The first kappa shape index (κ1) is 11.9. The molecule has 1 rings (SSSR count). The Morgan fingerprint density at radius 3 is 2.47 bits per heavy atom. The Bertz CT molecular complexity index is 308. The minimum Gasteiger partial charge on any atom is -0.508 e. The van der Waals surface area contributed by atoms with E-state index in [0.29, 0.717) is 5.56 Å². The molecule has 1 aromatic carbocycles. The maximum atomic E-state index is 13.0. The summed E-state index contributed by atoms with van der Waals surface area (Å²) in [5, 5.41) is 21.4. The summed E-state index contributed by atoms with van der Waals surface area (Å²) in [6.45, 7) is 3.73. The maximum Gasteiger partial charge on any atom is 0.127 e. The SMILES string of the molecule is CC(C)NC(CO)c1cc(O)cc(F)c1. The summed E-state index contributed by atoms with van der Waals surface area (Å²) in [7, 11) is 0. The first-order valence-corrected chi connectivity index (χ1v) is 4.89. The number of hydrogen-bond acceptors (Lipinski definition) is 3. The Balaban J connectivity index is 2.91. The van der Waals surface area contributed by atoms with Gasteiger partial charge in [0.15, 0.2) is 0 Å². The molecular formula is C11H16FNO2. The van der Waals surface area contributed by atoms with Crippen LogP contribution in [-0.2, 0) is 0 Å². The van der Waals surface area contributed by atoms with Crippen molar-refractivity contribution in [2.24, 2.45) is 0 Å². The Labute approximate surface area is 88.6 Å². The summed E-state index contributed by atoms with van der Waals surface area (Å²) in [4.78, 5) is 0. The fourth-order valence-corrected chi connectivity index (χ4v) is 1.45. The van der Waals surface area contributed by atoms with Gasteiger partial charge in [0.25, 0.3) is 0 Å². The summed E-state index contributed by atoms with van der Waals surface area (Å²) in [5.74, 6) is -0.636. The van der Waals surface area contributed by atoms with Crippen LogP contribution in [0.15, 0.2) is 18.2 Å². The van der Waals surface area contributed by atoms with Crippen LogP contribution >= 0.6 is 0 Å². The number of phenolic OH excluding ortho intramolecular Hbond substituents is 1. The summed E-state index contributed by atoms with van der Waals surface area (Å²) >= 11 is 0. The van der Waals surface area contributed by atoms with Crippen molar-refractivity contribution in [3.8, 4) is 5.75 Å². The lowest BCUT2D eigenvalue weighted by molar-refractivity contribution is 0.237. The molecular weight excluding hydrogens is 197 g/mol.